The Kier molecular flexibility index (Phi) is 7.62. The lowest BCUT2D eigenvalue weighted by atomic mass is 10.1. The van der Waals surface area contributed by atoms with Crippen LogP contribution in [0.1, 0.15) is 5.56 Å². The summed E-state index contributed by atoms with van der Waals surface area (Å²) < 4.78 is 42.8. The van der Waals surface area contributed by atoms with Crippen LogP contribution in [0.4, 0.5) is 5.69 Å². The predicted octanol–water partition coefficient (Wildman–Crippen LogP) is 1.60. The van der Waals surface area contributed by atoms with Gasteiger partial charge in [0.15, 0.2) is 0 Å². The second kappa shape index (κ2) is 10.4. The van der Waals surface area contributed by atoms with Gasteiger partial charge in [0.25, 0.3) is 0 Å². The molecule has 0 amide bonds. The van der Waals surface area contributed by atoms with Gasteiger partial charge in [0, 0.05) is 12.2 Å². The molecule has 0 aromatic heterocycles. The van der Waals surface area contributed by atoms with E-state index in [1.165, 1.54) is 43.4 Å². The summed E-state index contributed by atoms with van der Waals surface area (Å²) in [6.07, 6.45) is 0.562. The number of nitrogens with one attached hydrogen (secondary N) is 1. The molecule has 0 unspecified atom stereocenters. The van der Waals surface area contributed by atoms with Crippen molar-refractivity contribution >= 4 is 27.6 Å². The van der Waals surface area contributed by atoms with Gasteiger partial charge in [0.2, 0.25) is 10.0 Å². The second-order valence-electron chi connectivity index (χ2n) is 6.84. The lowest BCUT2D eigenvalue weighted by molar-refractivity contribution is -0.140. The van der Waals surface area contributed by atoms with E-state index in [0.29, 0.717) is 12.1 Å². The van der Waals surface area contributed by atoms with Gasteiger partial charge in [-0.1, -0.05) is 30.3 Å². The molecule has 0 aliphatic carbocycles. The maximum Gasteiger partial charge on any atom is 0.355 e. The third-order valence-electron chi connectivity index (χ3n) is 4.84. The first-order chi connectivity index (χ1) is 15.4. The highest BCUT2D eigenvalue weighted by Gasteiger charge is 2.32. The summed E-state index contributed by atoms with van der Waals surface area (Å²) in [4.78, 5) is 25.9. The number of hydrogen-bond donors (Lipinski definition) is 1. The maximum atomic E-state index is 12.6. The van der Waals surface area contributed by atoms with Gasteiger partial charge in [-0.2, -0.15) is 0 Å². The topological polar surface area (TPSA) is 111 Å². The summed E-state index contributed by atoms with van der Waals surface area (Å²) >= 11 is 0. The van der Waals surface area contributed by atoms with Crippen molar-refractivity contribution in [3.63, 3.8) is 0 Å². The molecule has 9 nitrogen and oxygen atoms in total. The Bertz CT molecular complexity index is 1100. The van der Waals surface area contributed by atoms with E-state index in [1.807, 2.05) is 30.3 Å². The minimum absolute atomic E-state index is 0.0119. The fraction of sp³-hybridized carbons (Fsp3) is 0.273. The van der Waals surface area contributed by atoms with Crippen molar-refractivity contribution < 1.29 is 32.2 Å². The number of benzene rings is 2. The second-order valence-corrected chi connectivity index (χ2v) is 8.61. The number of carbonyl (C=O) groups excluding carboxylic acids is 2. The number of nitrogens with zero attached hydrogens (tertiary/aromatic N) is 1. The van der Waals surface area contributed by atoms with Gasteiger partial charge in [-0.25, -0.2) is 22.7 Å². The monoisotopic (exact) mass is 460 g/mol. The molecule has 10 heteroatoms. The quantitative estimate of drug-likeness (QED) is 0.592. The zero-order valence-corrected chi connectivity index (χ0v) is 18.6. The fourth-order valence-corrected chi connectivity index (χ4v) is 4.24. The molecule has 1 heterocycles. The van der Waals surface area contributed by atoms with Crippen LogP contribution >= 0.6 is 0 Å². The summed E-state index contributed by atoms with van der Waals surface area (Å²) in [6, 6.07) is 15.4. The average Bonchev–Trinajstić information content (AvgIpc) is 2.83. The van der Waals surface area contributed by atoms with E-state index in [4.69, 9.17) is 14.2 Å². The number of anilines is 1. The third-order valence-corrected chi connectivity index (χ3v) is 6.32. The molecule has 0 spiro atoms. The van der Waals surface area contributed by atoms with Crippen LogP contribution in [0.5, 0.6) is 0 Å². The molecule has 1 N–H and O–H groups in total. The van der Waals surface area contributed by atoms with E-state index in [2.05, 4.69) is 4.72 Å². The van der Waals surface area contributed by atoms with Crippen LogP contribution in [0.25, 0.3) is 0 Å². The number of carbonyl (C=O) groups is 2. The van der Waals surface area contributed by atoms with Crippen LogP contribution in [0, 0.1) is 0 Å². The predicted molar refractivity (Wildman–Crippen MR) is 116 cm³/mol. The standard InChI is InChI=1S/C22H24N2O7S/c1-29-21(25)19-14-31-15-24(20(19)22(26)30-2)17-8-10-18(11-9-17)32(27,28)23-13-12-16-6-4-3-5-7-16/h3-11,23H,12-15H2,1-2H3. The Morgan fingerprint density at radius 2 is 1.66 bits per heavy atom. The number of ether oxygens (including phenoxy) is 3. The molecule has 0 radical (unpaired) electrons. The highest BCUT2D eigenvalue weighted by molar-refractivity contribution is 7.89. The summed E-state index contributed by atoms with van der Waals surface area (Å²) in [7, 11) is -1.31. The molecule has 0 bridgehead atoms. The van der Waals surface area contributed by atoms with E-state index < -0.39 is 22.0 Å². The van der Waals surface area contributed by atoms with Crippen molar-refractivity contribution in [3.8, 4) is 0 Å². The van der Waals surface area contributed by atoms with Gasteiger partial charge in [-0.05, 0) is 36.2 Å². The first-order valence-corrected chi connectivity index (χ1v) is 11.2. The van der Waals surface area contributed by atoms with Crippen LogP contribution in [0.3, 0.4) is 0 Å². The van der Waals surface area contributed by atoms with Crippen LogP contribution in [0.2, 0.25) is 0 Å². The minimum atomic E-state index is -3.72. The first-order valence-electron chi connectivity index (χ1n) is 9.76. The van der Waals surface area contributed by atoms with Crippen molar-refractivity contribution in [3.05, 3.63) is 71.4 Å². The average molecular weight is 461 g/mol. The van der Waals surface area contributed by atoms with Crippen LogP contribution in [-0.2, 0) is 40.2 Å². The molecule has 2 aromatic carbocycles. The van der Waals surface area contributed by atoms with Gasteiger partial charge >= 0.3 is 11.9 Å². The number of rotatable bonds is 8. The number of methoxy groups -OCH3 is 2. The fourth-order valence-electron chi connectivity index (χ4n) is 3.21. The molecule has 170 valence electrons. The van der Waals surface area contributed by atoms with Crippen molar-refractivity contribution in [2.24, 2.45) is 0 Å². The van der Waals surface area contributed by atoms with Gasteiger partial charge in [0.05, 0.1) is 31.3 Å². The molecule has 3 rings (SSSR count). The van der Waals surface area contributed by atoms with E-state index in [1.54, 1.807) is 0 Å². The largest absolute Gasteiger partial charge is 0.466 e. The highest BCUT2D eigenvalue weighted by Crippen LogP contribution is 2.27. The van der Waals surface area contributed by atoms with E-state index in [0.717, 1.165) is 5.56 Å². The lowest BCUT2D eigenvalue weighted by Gasteiger charge is -2.31. The highest BCUT2D eigenvalue weighted by atomic mass is 32.2. The molecule has 1 aliphatic rings. The molecular weight excluding hydrogens is 436 g/mol. The normalized spacial score (nSPS) is 14.2. The van der Waals surface area contributed by atoms with Crippen molar-refractivity contribution in [2.45, 2.75) is 11.3 Å². The number of sulfonamides is 1. The molecule has 0 atom stereocenters. The van der Waals surface area contributed by atoms with E-state index in [-0.39, 0.29) is 36.0 Å². The van der Waals surface area contributed by atoms with Gasteiger partial charge in [0.1, 0.15) is 12.4 Å². The molecule has 32 heavy (non-hydrogen) atoms. The SMILES string of the molecule is COC(=O)C1=C(C(=O)OC)N(c2ccc(S(=O)(=O)NCCc3ccccc3)cc2)COC1. The smallest absolute Gasteiger partial charge is 0.355 e. The Hall–Kier alpha value is -3.21. The number of hydrogen-bond acceptors (Lipinski definition) is 8. The zero-order chi connectivity index (χ0) is 23.1. The Balaban J connectivity index is 1.79. The van der Waals surface area contributed by atoms with Gasteiger partial charge in [-0.15, -0.1) is 0 Å². The van der Waals surface area contributed by atoms with Crippen molar-refractivity contribution in [1.29, 1.82) is 0 Å². The van der Waals surface area contributed by atoms with Crippen molar-refractivity contribution in [1.82, 2.24) is 4.72 Å². The Morgan fingerprint density at radius 1 is 1.00 bits per heavy atom. The summed E-state index contributed by atoms with van der Waals surface area (Å²) in [5, 5.41) is 0. The van der Waals surface area contributed by atoms with Crippen LogP contribution in [0.15, 0.2) is 70.8 Å². The summed E-state index contributed by atoms with van der Waals surface area (Å²) in [5.41, 5.74) is 1.49. The van der Waals surface area contributed by atoms with E-state index in [9.17, 15) is 18.0 Å². The molecule has 1 aliphatic heterocycles. The lowest BCUT2D eigenvalue weighted by Crippen LogP contribution is -2.38. The Labute approximate surface area is 186 Å². The first kappa shape index (κ1) is 23.5. The van der Waals surface area contributed by atoms with Gasteiger partial charge < -0.3 is 19.1 Å². The van der Waals surface area contributed by atoms with E-state index >= 15 is 0 Å². The molecule has 0 saturated carbocycles. The van der Waals surface area contributed by atoms with Crippen LogP contribution in [-0.4, -0.2) is 54.5 Å². The summed E-state index contributed by atoms with van der Waals surface area (Å²) in [5.74, 6) is -1.44. The molecular formula is C22H24N2O7S. The minimum Gasteiger partial charge on any atom is -0.466 e. The number of esters is 2. The zero-order valence-electron chi connectivity index (χ0n) is 17.7. The van der Waals surface area contributed by atoms with Crippen LogP contribution < -0.4 is 9.62 Å². The molecule has 0 fully saturated rings. The molecule has 2 aromatic rings. The summed E-state index contributed by atoms with van der Waals surface area (Å²) in [6.45, 7) is 0.129. The van der Waals surface area contributed by atoms with Gasteiger partial charge in [-0.3, -0.25) is 0 Å². The maximum absolute atomic E-state index is 12.6. The van der Waals surface area contributed by atoms with Crippen molar-refractivity contribution in [2.75, 3.05) is 39.0 Å². The Morgan fingerprint density at radius 3 is 2.28 bits per heavy atom. The molecule has 0 saturated heterocycles. The third kappa shape index (κ3) is 5.34.